The number of aliphatic hydroxyl groups is 1. The van der Waals surface area contributed by atoms with Crippen LogP contribution in [0.1, 0.15) is 51.5 Å². The average Bonchev–Trinajstić information content (AvgIpc) is 3.32. The van der Waals surface area contributed by atoms with Gasteiger partial charge >= 0.3 is 0 Å². The van der Waals surface area contributed by atoms with Gasteiger partial charge in [-0.05, 0) is 18.2 Å². The van der Waals surface area contributed by atoms with Gasteiger partial charge in [-0.15, -0.1) is 11.3 Å². The fourth-order valence-electron chi connectivity index (χ4n) is 3.64. The van der Waals surface area contributed by atoms with Crippen molar-refractivity contribution < 1.29 is 13.9 Å². The molecule has 1 atom stereocenters. The van der Waals surface area contributed by atoms with E-state index < -0.39 is 17.9 Å². The van der Waals surface area contributed by atoms with E-state index in [9.17, 15) is 13.9 Å². The Hall–Kier alpha value is -2.16. The molecule has 1 N–H and O–H groups in total. The second-order valence-corrected chi connectivity index (χ2v) is 8.65. The van der Waals surface area contributed by atoms with Crippen molar-refractivity contribution in [1.29, 1.82) is 0 Å². The summed E-state index contributed by atoms with van der Waals surface area (Å²) in [4.78, 5) is 10.2. The van der Waals surface area contributed by atoms with E-state index in [1.54, 1.807) is 10.9 Å². The number of alkyl halides is 2. The number of aromatic nitrogens is 4. The van der Waals surface area contributed by atoms with Gasteiger partial charge in [0.05, 0.1) is 21.7 Å². The van der Waals surface area contributed by atoms with E-state index in [1.807, 2.05) is 59.1 Å². The molecule has 0 bridgehead atoms. The van der Waals surface area contributed by atoms with Crippen LogP contribution in [0.2, 0.25) is 5.02 Å². The van der Waals surface area contributed by atoms with E-state index in [-0.39, 0.29) is 12.8 Å². The molecule has 4 aromatic rings. The molecular weight excluding hydrogens is 454 g/mol. The highest BCUT2D eigenvalue weighted by Crippen LogP contribution is 2.51. The van der Waals surface area contributed by atoms with Crippen molar-refractivity contribution in [2.45, 2.75) is 52.6 Å². The minimum Gasteiger partial charge on any atom is -0.387 e. The highest BCUT2D eigenvalue weighted by atomic mass is 35.5. The molecule has 1 aliphatic rings. The Kier molecular flexibility index (Phi) is 7.47. The fraction of sp³-hybridized carbons (Fsp3) is 0.435. The van der Waals surface area contributed by atoms with Gasteiger partial charge in [-0.25, -0.2) is 18.7 Å². The molecule has 32 heavy (non-hydrogen) atoms. The molecule has 4 heterocycles. The van der Waals surface area contributed by atoms with E-state index >= 15 is 0 Å². The highest BCUT2D eigenvalue weighted by molar-refractivity contribution is 7.19. The Morgan fingerprint density at radius 1 is 1.22 bits per heavy atom. The summed E-state index contributed by atoms with van der Waals surface area (Å²) in [5.41, 5.74) is 2.22. The Morgan fingerprint density at radius 2 is 1.91 bits per heavy atom. The number of thiophene rings is 1. The number of rotatable bonds is 3. The molecule has 1 unspecified atom stereocenters. The lowest BCUT2D eigenvalue weighted by Gasteiger charge is -2.37. The molecule has 0 spiro atoms. The lowest BCUT2D eigenvalue weighted by molar-refractivity contribution is -0.141. The van der Waals surface area contributed by atoms with Crippen molar-refractivity contribution in [2.75, 3.05) is 0 Å². The molecule has 0 radical (unpaired) electrons. The number of aryl methyl sites for hydroxylation is 1. The quantitative estimate of drug-likeness (QED) is 0.342. The van der Waals surface area contributed by atoms with E-state index in [0.717, 1.165) is 16.6 Å². The molecule has 172 valence electrons. The number of nitrogens with zero attached hydrogens (tertiary/aromatic N) is 4. The van der Waals surface area contributed by atoms with Crippen LogP contribution >= 0.6 is 22.9 Å². The maximum absolute atomic E-state index is 13.2. The van der Waals surface area contributed by atoms with Crippen LogP contribution in [0.5, 0.6) is 0 Å². The molecule has 4 aromatic heterocycles. The van der Waals surface area contributed by atoms with Crippen LogP contribution in [-0.4, -0.2) is 30.8 Å². The van der Waals surface area contributed by atoms with Crippen LogP contribution in [0, 0.1) is 5.92 Å². The van der Waals surface area contributed by atoms with Crippen LogP contribution in [0.15, 0.2) is 30.6 Å². The second kappa shape index (κ2) is 9.77. The van der Waals surface area contributed by atoms with Gasteiger partial charge in [0.1, 0.15) is 4.83 Å². The Morgan fingerprint density at radius 3 is 2.56 bits per heavy atom. The van der Waals surface area contributed by atoms with Crippen molar-refractivity contribution in [3.8, 4) is 11.3 Å². The van der Waals surface area contributed by atoms with E-state index in [1.165, 1.54) is 11.3 Å². The van der Waals surface area contributed by atoms with Crippen LogP contribution in [0.25, 0.3) is 32.5 Å². The number of aliphatic hydroxyl groups excluding tert-OH is 1. The topological polar surface area (TPSA) is 63.8 Å². The summed E-state index contributed by atoms with van der Waals surface area (Å²) in [6, 6.07) is 5.65. The van der Waals surface area contributed by atoms with Crippen LogP contribution < -0.4 is 0 Å². The van der Waals surface area contributed by atoms with E-state index in [4.69, 9.17) is 11.6 Å². The summed E-state index contributed by atoms with van der Waals surface area (Å²) >= 11 is 7.68. The highest BCUT2D eigenvalue weighted by Gasteiger charge is 2.49. The zero-order valence-corrected chi connectivity index (χ0v) is 20.3. The monoisotopic (exact) mass is 480 g/mol. The SMILES string of the molecule is CC.CC.Cn1cc2cc(-c3ccc4c(Cl)c(C(O)C5CC(F)(F)C5)sc4n3)cnc2n1. The average molecular weight is 481 g/mol. The van der Waals surface area contributed by atoms with Crippen LogP contribution in [0.3, 0.4) is 0 Å². The zero-order valence-electron chi connectivity index (χ0n) is 18.7. The van der Waals surface area contributed by atoms with Crippen molar-refractivity contribution in [3.63, 3.8) is 0 Å². The maximum atomic E-state index is 13.2. The third-order valence-electron chi connectivity index (χ3n) is 5.13. The molecule has 9 heteroatoms. The molecule has 0 saturated heterocycles. The van der Waals surface area contributed by atoms with Crippen molar-refractivity contribution in [1.82, 2.24) is 19.7 Å². The molecule has 0 aromatic carbocycles. The van der Waals surface area contributed by atoms with Gasteiger partial charge in [-0.2, -0.15) is 5.10 Å². The lowest BCUT2D eigenvalue weighted by atomic mass is 9.77. The molecular formula is C23H27ClF2N4OS. The van der Waals surface area contributed by atoms with Gasteiger partial charge in [-0.3, -0.25) is 4.68 Å². The third kappa shape index (κ3) is 4.63. The molecule has 0 amide bonds. The summed E-state index contributed by atoms with van der Waals surface area (Å²) in [5.74, 6) is -3.16. The van der Waals surface area contributed by atoms with E-state index in [2.05, 4.69) is 15.1 Å². The van der Waals surface area contributed by atoms with Gasteiger partial charge in [-0.1, -0.05) is 39.3 Å². The molecule has 5 rings (SSSR count). The molecule has 1 saturated carbocycles. The normalized spacial score (nSPS) is 16.0. The standard InChI is InChI=1S/C19H15ClF2N4OS.2C2H6/c1-26-8-10-4-9(7-23-17(10)25-26)13-3-2-12-14(20)16(28-18(12)24-13)15(27)11-5-19(21,22)6-11;2*1-2/h2-4,7-8,11,15,27H,5-6H2,1H3;2*1-2H3. The van der Waals surface area contributed by atoms with Crippen LogP contribution in [-0.2, 0) is 7.05 Å². The van der Waals surface area contributed by atoms with Gasteiger partial charge in [0.15, 0.2) is 5.65 Å². The molecule has 0 aliphatic heterocycles. The summed E-state index contributed by atoms with van der Waals surface area (Å²) in [6.07, 6.45) is 1.98. The maximum Gasteiger partial charge on any atom is 0.248 e. The minimum atomic E-state index is -2.68. The number of pyridine rings is 2. The summed E-state index contributed by atoms with van der Waals surface area (Å²) in [5, 5.41) is 16.8. The fourth-order valence-corrected chi connectivity index (χ4v) is 5.22. The Labute approximate surface area is 195 Å². The first-order chi connectivity index (χ1) is 15.3. The smallest absolute Gasteiger partial charge is 0.248 e. The third-order valence-corrected chi connectivity index (χ3v) is 6.82. The van der Waals surface area contributed by atoms with E-state index in [0.29, 0.717) is 25.8 Å². The molecule has 5 nitrogen and oxygen atoms in total. The first-order valence-electron chi connectivity index (χ1n) is 10.8. The summed E-state index contributed by atoms with van der Waals surface area (Å²) < 4.78 is 28.0. The van der Waals surface area contributed by atoms with Gasteiger partial charge < -0.3 is 5.11 Å². The number of hydrogen-bond acceptors (Lipinski definition) is 5. The Bertz CT molecular complexity index is 1220. The summed E-state index contributed by atoms with van der Waals surface area (Å²) in [6.45, 7) is 8.00. The number of fused-ring (bicyclic) bond motifs is 2. The first kappa shape index (κ1) is 24.5. The second-order valence-electron chi connectivity index (χ2n) is 7.24. The van der Waals surface area contributed by atoms with Crippen molar-refractivity contribution in [3.05, 3.63) is 40.5 Å². The molecule has 1 aliphatic carbocycles. The minimum absolute atomic E-state index is 0.311. The van der Waals surface area contributed by atoms with Gasteiger partial charge in [0.2, 0.25) is 5.92 Å². The Balaban J connectivity index is 0.000000686. The summed E-state index contributed by atoms with van der Waals surface area (Å²) in [7, 11) is 1.84. The van der Waals surface area contributed by atoms with Crippen molar-refractivity contribution in [2.24, 2.45) is 13.0 Å². The first-order valence-corrected chi connectivity index (χ1v) is 11.9. The predicted molar refractivity (Wildman–Crippen MR) is 127 cm³/mol. The largest absolute Gasteiger partial charge is 0.387 e. The van der Waals surface area contributed by atoms with Crippen molar-refractivity contribution >= 4 is 44.2 Å². The number of hydrogen-bond donors (Lipinski definition) is 1. The molecule has 1 fully saturated rings. The lowest BCUT2D eigenvalue weighted by Crippen LogP contribution is -2.38. The number of halogens is 3. The van der Waals surface area contributed by atoms with Gasteiger partial charge in [0.25, 0.3) is 0 Å². The van der Waals surface area contributed by atoms with Crippen LogP contribution in [0.4, 0.5) is 8.78 Å². The predicted octanol–water partition coefficient (Wildman–Crippen LogP) is 7.03. The zero-order chi connectivity index (χ0) is 23.6. The van der Waals surface area contributed by atoms with Gasteiger partial charge in [0, 0.05) is 54.5 Å².